The summed E-state index contributed by atoms with van der Waals surface area (Å²) < 4.78 is 10.5. The maximum absolute atomic E-state index is 10.4. The summed E-state index contributed by atoms with van der Waals surface area (Å²) in [4.78, 5) is 12.9. The summed E-state index contributed by atoms with van der Waals surface area (Å²) in [5, 5.41) is 11.1. The molecule has 0 aliphatic heterocycles. The Morgan fingerprint density at radius 1 is 1.33 bits per heavy atom. The van der Waals surface area contributed by atoms with Gasteiger partial charge in [-0.2, -0.15) is 0 Å². The number of rotatable bonds is 4. The van der Waals surface area contributed by atoms with E-state index in [9.17, 15) is 10.1 Å². The Balaban J connectivity index is 2.65. The minimum absolute atomic E-state index is 0.508. The zero-order chi connectivity index (χ0) is 13.1. The highest BCUT2D eigenvalue weighted by atomic mass is 16.6. The Hall–Kier alpha value is -2.50. The molecule has 1 N–H and O–H groups in total. The first-order valence-corrected chi connectivity index (χ1v) is 5.21. The second-order valence-electron chi connectivity index (χ2n) is 3.57. The average molecular weight is 248 g/mol. The van der Waals surface area contributed by atoms with E-state index in [0.717, 1.165) is 17.1 Å². The number of methoxy groups -OCH3 is 2. The van der Waals surface area contributed by atoms with E-state index >= 15 is 0 Å². The highest BCUT2D eigenvalue weighted by Gasteiger charge is 2.13. The predicted molar refractivity (Wildman–Crippen MR) is 67.4 cm³/mol. The first-order valence-electron chi connectivity index (χ1n) is 5.21. The quantitative estimate of drug-likeness (QED) is 0.665. The molecule has 1 heterocycles. The van der Waals surface area contributed by atoms with E-state index in [0.29, 0.717) is 17.1 Å². The van der Waals surface area contributed by atoms with Crippen LogP contribution < -0.4 is 9.47 Å². The monoisotopic (exact) mass is 248 g/mol. The summed E-state index contributed by atoms with van der Waals surface area (Å²) in [7, 11) is 3.08. The maximum atomic E-state index is 10.4. The Morgan fingerprint density at radius 2 is 2.11 bits per heavy atom. The summed E-state index contributed by atoms with van der Waals surface area (Å²) in [5.74, 6) is 1.14. The van der Waals surface area contributed by atoms with E-state index < -0.39 is 4.92 Å². The molecule has 0 aliphatic rings. The number of nitro groups is 1. The van der Waals surface area contributed by atoms with Crippen LogP contribution in [0.15, 0.2) is 24.5 Å². The molecule has 1 aromatic carbocycles. The number of fused-ring (bicyclic) bond motifs is 1. The topological polar surface area (TPSA) is 77.4 Å². The van der Waals surface area contributed by atoms with Crippen LogP contribution in [0, 0.1) is 10.1 Å². The van der Waals surface area contributed by atoms with Crippen LogP contribution >= 0.6 is 0 Å². The average Bonchev–Trinajstić information content (AvgIpc) is 2.78. The van der Waals surface area contributed by atoms with Crippen molar-refractivity contribution in [3.63, 3.8) is 0 Å². The van der Waals surface area contributed by atoms with Gasteiger partial charge in [0, 0.05) is 17.8 Å². The number of nitrogens with one attached hydrogen (secondary N) is 1. The van der Waals surface area contributed by atoms with Crippen LogP contribution in [0.3, 0.4) is 0 Å². The molecule has 2 aromatic rings. The van der Waals surface area contributed by atoms with Gasteiger partial charge >= 0.3 is 0 Å². The molecule has 0 amide bonds. The van der Waals surface area contributed by atoms with Gasteiger partial charge in [0.15, 0.2) is 11.5 Å². The van der Waals surface area contributed by atoms with Crippen molar-refractivity contribution in [3.05, 3.63) is 40.2 Å². The van der Waals surface area contributed by atoms with Crippen molar-refractivity contribution in [2.45, 2.75) is 0 Å². The van der Waals surface area contributed by atoms with E-state index in [2.05, 4.69) is 4.98 Å². The number of aromatic nitrogens is 1. The van der Waals surface area contributed by atoms with Gasteiger partial charge in [-0.25, -0.2) is 0 Å². The summed E-state index contributed by atoms with van der Waals surface area (Å²) in [6.07, 6.45) is 3.99. The Bertz CT molecular complexity index is 616. The van der Waals surface area contributed by atoms with E-state index in [-0.39, 0.29) is 0 Å². The van der Waals surface area contributed by atoms with Crippen LogP contribution in [-0.2, 0) is 0 Å². The first kappa shape index (κ1) is 12.0. The normalized spacial score (nSPS) is 11.0. The number of benzene rings is 1. The lowest BCUT2D eigenvalue weighted by Crippen LogP contribution is -1.91. The van der Waals surface area contributed by atoms with Gasteiger partial charge in [0.25, 0.3) is 0 Å². The van der Waals surface area contributed by atoms with Crippen LogP contribution in [-0.4, -0.2) is 24.1 Å². The third-order valence-corrected chi connectivity index (χ3v) is 2.59. The number of hydrogen-bond donors (Lipinski definition) is 1. The van der Waals surface area contributed by atoms with Crippen LogP contribution in [0.2, 0.25) is 0 Å². The van der Waals surface area contributed by atoms with Crippen LogP contribution in [0.4, 0.5) is 0 Å². The highest BCUT2D eigenvalue weighted by Crippen LogP contribution is 2.37. The minimum atomic E-state index is -0.508. The van der Waals surface area contributed by atoms with Crippen molar-refractivity contribution in [3.8, 4) is 11.5 Å². The van der Waals surface area contributed by atoms with E-state index in [1.54, 1.807) is 19.4 Å². The Morgan fingerprint density at radius 3 is 2.72 bits per heavy atom. The third kappa shape index (κ3) is 2.00. The number of ether oxygens (including phenoxy) is 2. The van der Waals surface area contributed by atoms with Gasteiger partial charge in [-0.3, -0.25) is 10.1 Å². The fourth-order valence-electron chi connectivity index (χ4n) is 1.83. The summed E-state index contributed by atoms with van der Waals surface area (Å²) in [6.45, 7) is 0. The second-order valence-corrected chi connectivity index (χ2v) is 3.57. The molecule has 0 spiro atoms. The number of H-pyrrole nitrogens is 1. The van der Waals surface area contributed by atoms with Crippen LogP contribution in [0.1, 0.15) is 5.56 Å². The largest absolute Gasteiger partial charge is 0.493 e. The smallest absolute Gasteiger partial charge is 0.235 e. The molecule has 0 fully saturated rings. The van der Waals surface area contributed by atoms with E-state index in [1.807, 2.05) is 6.07 Å². The van der Waals surface area contributed by atoms with E-state index in [4.69, 9.17) is 9.47 Å². The lowest BCUT2D eigenvalue weighted by Gasteiger charge is -2.08. The van der Waals surface area contributed by atoms with Crippen LogP contribution in [0.25, 0.3) is 17.0 Å². The predicted octanol–water partition coefficient (Wildman–Crippen LogP) is 2.43. The highest BCUT2D eigenvalue weighted by molar-refractivity contribution is 5.95. The number of aromatic amines is 1. The summed E-state index contributed by atoms with van der Waals surface area (Å²) in [5.41, 5.74) is 1.51. The molecule has 6 nitrogen and oxygen atoms in total. The fourth-order valence-corrected chi connectivity index (χ4v) is 1.83. The molecule has 0 atom stereocenters. The van der Waals surface area contributed by atoms with Gasteiger partial charge in [0.1, 0.15) is 0 Å². The first-order chi connectivity index (χ1) is 8.67. The lowest BCUT2D eigenvalue weighted by atomic mass is 10.1. The molecule has 0 saturated carbocycles. The summed E-state index contributed by atoms with van der Waals surface area (Å²) >= 11 is 0. The molecular weight excluding hydrogens is 236 g/mol. The molecule has 0 saturated heterocycles. The van der Waals surface area contributed by atoms with E-state index in [1.165, 1.54) is 13.2 Å². The van der Waals surface area contributed by atoms with Crippen molar-refractivity contribution >= 4 is 17.0 Å². The zero-order valence-electron chi connectivity index (χ0n) is 9.97. The van der Waals surface area contributed by atoms with Crippen molar-refractivity contribution in [2.24, 2.45) is 0 Å². The van der Waals surface area contributed by atoms with Gasteiger partial charge in [0.2, 0.25) is 6.20 Å². The van der Waals surface area contributed by atoms with Crippen molar-refractivity contribution < 1.29 is 14.4 Å². The molecule has 18 heavy (non-hydrogen) atoms. The van der Waals surface area contributed by atoms with Crippen molar-refractivity contribution in [1.29, 1.82) is 0 Å². The molecule has 94 valence electrons. The van der Waals surface area contributed by atoms with Gasteiger partial charge < -0.3 is 14.5 Å². The molecular formula is C12H12N2O4. The molecule has 2 rings (SSSR count). The minimum Gasteiger partial charge on any atom is -0.493 e. The maximum Gasteiger partial charge on any atom is 0.235 e. The van der Waals surface area contributed by atoms with Gasteiger partial charge in [0.05, 0.1) is 30.0 Å². The Labute approximate surface area is 103 Å². The van der Waals surface area contributed by atoms with Crippen molar-refractivity contribution in [1.82, 2.24) is 4.98 Å². The lowest BCUT2D eigenvalue weighted by molar-refractivity contribution is -0.400. The zero-order valence-corrected chi connectivity index (χ0v) is 9.97. The fraction of sp³-hybridized carbons (Fsp3) is 0.167. The molecule has 0 bridgehead atoms. The van der Waals surface area contributed by atoms with Crippen molar-refractivity contribution in [2.75, 3.05) is 14.2 Å². The molecule has 0 unspecified atom stereocenters. The standard InChI is InChI=1S/C12H12N2O4/c1-17-10-4-3-9-11(12(10)18-2)8(7-13-9)5-6-14(15)16/h3-7,13H,1-2H3/b6-5+. The second kappa shape index (κ2) is 4.79. The molecule has 0 aliphatic carbocycles. The molecule has 6 heteroatoms. The molecule has 1 aromatic heterocycles. The SMILES string of the molecule is COc1ccc2[nH]cc(/C=C/[N+](=O)[O-])c2c1OC. The summed E-state index contributed by atoms with van der Waals surface area (Å²) in [6, 6.07) is 3.61. The van der Waals surface area contributed by atoms with Gasteiger partial charge in [-0.15, -0.1) is 0 Å². The Kier molecular flexibility index (Phi) is 3.18. The van der Waals surface area contributed by atoms with Crippen LogP contribution in [0.5, 0.6) is 11.5 Å². The van der Waals surface area contributed by atoms with Gasteiger partial charge in [-0.05, 0) is 12.1 Å². The molecule has 0 radical (unpaired) electrons. The number of hydrogen-bond acceptors (Lipinski definition) is 4. The third-order valence-electron chi connectivity index (χ3n) is 2.59. The van der Waals surface area contributed by atoms with Gasteiger partial charge in [-0.1, -0.05) is 0 Å². The number of nitrogens with zero attached hydrogens (tertiary/aromatic N) is 1.